The van der Waals surface area contributed by atoms with Gasteiger partial charge in [-0.2, -0.15) is 5.10 Å². The van der Waals surface area contributed by atoms with Gasteiger partial charge in [0, 0.05) is 31.3 Å². The van der Waals surface area contributed by atoms with Crippen molar-refractivity contribution in [3.8, 4) is 0 Å². The van der Waals surface area contributed by atoms with Crippen LogP contribution in [0, 0.1) is 13.8 Å². The van der Waals surface area contributed by atoms with E-state index >= 15 is 0 Å². The van der Waals surface area contributed by atoms with E-state index in [4.69, 9.17) is 0 Å². The zero-order chi connectivity index (χ0) is 17.3. The summed E-state index contributed by atoms with van der Waals surface area (Å²) in [6.07, 6.45) is 0.533. The van der Waals surface area contributed by atoms with E-state index < -0.39 is 6.04 Å². The lowest BCUT2D eigenvalue weighted by molar-refractivity contribution is -0.132. The van der Waals surface area contributed by atoms with E-state index in [0.29, 0.717) is 25.1 Å². The van der Waals surface area contributed by atoms with Crippen molar-refractivity contribution in [3.63, 3.8) is 0 Å². The Morgan fingerprint density at radius 1 is 1.38 bits per heavy atom. The minimum Gasteiger partial charge on any atom is -0.342 e. The first-order valence-electron chi connectivity index (χ1n) is 8.10. The lowest BCUT2D eigenvalue weighted by Gasteiger charge is -2.28. The summed E-state index contributed by atoms with van der Waals surface area (Å²) in [6.45, 7) is 5.14. The molecule has 1 aliphatic rings. The first-order valence-corrected chi connectivity index (χ1v) is 8.10. The Hall–Kier alpha value is -2.63. The molecule has 1 aromatic carbocycles. The van der Waals surface area contributed by atoms with Gasteiger partial charge in [0.05, 0.1) is 12.2 Å². The Bertz CT molecular complexity index is 781. The maximum atomic E-state index is 12.6. The lowest BCUT2D eigenvalue weighted by Crippen LogP contribution is -2.51. The van der Waals surface area contributed by atoms with Gasteiger partial charge >= 0.3 is 0 Å². The molecule has 0 fully saturated rings. The smallest absolute Gasteiger partial charge is 0.252 e. The molecule has 0 spiro atoms. The van der Waals surface area contributed by atoms with Crippen molar-refractivity contribution in [2.45, 2.75) is 32.9 Å². The third-order valence-electron chi connectivity index (χ3n) is 4.42. The fraction of sp³-hybridized carbons (Fsp3) is 0.389. The molecule has 0 unspecified atom stereocenters. The van der Waals surface area contributed by atoms with Crippen molar-refractivity contribution in [1.82, 2.24) is 20.0 Å². The van der Waals surface area contributed by atoms with E-state index in [2.05, 4.69) is 10.4 Å². The molecule has 0 aliphatic carbocycles. The maximum absolute atomic E-state index is 12.6. The summed E-state index contributed by atoms with van der Waals surface area (Å²) in [4.78, 5) is 26.5. The summed E-state index contributed by atoms with van der Waals surface area (Å²) in [5.41, 5.74) is 3.63. The number of benzene rings is 1. The van der Waals surface area contributed by atoms with Crippen LogP contribution in [-0.4, -0.2) is 46.1 Å². The molecule has 24 heavy (non-hydrogen) atoms. The van der Waals surface area contributed by atoms with Crippen LogP contribution in [0.25, 0.3) is 0 Å². The zero-order valence-electron chi connectivity index (χ0n) is 14.2. The highest BCUT2D eigenvalue weighted by Gasteiger charge is 2.30. The Labute approximate surface area is 141 Å². The van der Waals surface area contributed by atoms with E-state index in [1.165, 1.54) is 0 Å². The quantitative estimate of drug-likeness (QED) is 0.921. The summed E-state index contributed by atoms with van der Waals surface area (Å²) >= 11 is 0. The van der Waals surface area contributed by atoms with Crippen molar-refractivity contribution in [3.05, 3.63) is 52.8 Å². The number of hydrogen-bond donors (Lipinski definition) is 1. The monoisotopic (exact) mass is 326 g/mol. The lowest BCUT2D eigenvalue weighted by atomic mass is 9.94. The van der Waals surface area contributed by atoms with Crippen LogP contribution >= 0.6 is 0 Å². The first kappa shape index (κ1) is 16.2. The summed E-state index contributed by atoms with van der Waals surface area (Å²) in [5.74, 6) is -0.249. The number of nitrogens with one attached hydrogen (secondary N) is 1. The van der Waals surface area contributed by atoms with E-state index in [1.807, 2.05) is 42.8 Å². The summed E-state index contributed by atoms with van der Waals surface area (Å²) in [5, 5.41) is 7.22. The number of nitrogens with zero attached hydrogens (tertiary/aromatic N) is 3. The van der Waals surface area contributed by atoms with E-state index in [-0.39, 0.29) is 11.8 Å². The third kappa shape index (κ3) is 3.18. The van der Waals surface area contributed by atoms with Crippen molar-refractivity contribution in [1.29, 1.82) is 0 Å². The van der Waals surface area contributed by atoms with Crippen molar-refractivity contribution in [2.75, 3.05) is 13.6 Å². The van der Waals surface area contributed by atoms with Crippen LogP contribution in [0.3, 0.4) is 0 Å². The molecule has 126 valence electrons. The average molecular weight is 326 g/mol. The number of aromatic nitrogens is 2. The molecule has 1 N–H and O–H groups in total. The van der Waals surface area contributed by atoms with Gasteiger partial charge in [0.1, 0.15) is 6.04 Å². The zero-order valence-corrected chi connectivity index (χ0v) is 14.2. The Morgan fingerprint density at radius 2 is 2.12 bits per heavy atom. The summed E-state index contributed by atoms with van der Waals surface area (Å²) in [6, 6.07) is 8.94. The number of carbonyl (C=O) groups excluding carboxylic acids is 2. The van der Waals surface area contributed by atoms with E-state index in [0.717, 1.165) is 17.0 Å². The Balaban J connectivity index is 1.64. The number of fused-ring (bicyclic) bond motifs is 1. The van der Waals surface area contributed by atoms with Crippen molar-refractivity contribution < 1.29 is 9.59 Å². The molecule has 3 rings (SSSR count). The van der Waals surface area contributed by atoms with Crippen LogP contribution in [0.2, 0.25) is 0 Å². The third-order valence-corrected chi connectivity index (χ3v) is 4.42. The largest absolute Gasteiger partial charge is 0.342 e. The average Bonchev–Trinajstić information content (AvgIpc) is 2.89. The van der Waals surface area contributed by atoms with Crippen LogP contribution in [0.15, 0.2) is 30.3 Å². The molecule has 0 radical (unpaired) electrons. The minimum atomic E-state index is -0.502. The van der Waals surface area contributed by atoms with Crippen molar-refractivity contribution in [2.24, 2.45) is 0 Å². The fourth-order valence-corrected chi connectivity index (χ4v) is 3.10. The molecule has 0 saturated heterocycles. The molecular formula is C18H22N4O2. The highest BCUT2D eigenvalue weighted by molar-refractivity contribution is 6.00. The predicted octanol–water partition coefficient (Wildman–Crippen LogP) is 1.31. The van der Waals surface area contributed by atoms with E-state index in [9.17, 15) is 9.59 Å². The highest BCUT2D eigenvalue weighted by Crippen LogP contribution is 2.17. The van der Waals surface area contributed by atoms with Crippen LogP contribution in [0.5, 0.6) is 0 Å². The Morgan fingerprint density at radius 3 is 2.83 bits per heavy atom. The number of carbonyl (C=O) groups is 2. The van der Waals surface area contributed by atoms with Gasteiger partial charge in [-0.05, 0) is 31.5 Å². The summed E-state index contributed by atoms with van der Waals surface area (Å²) in [7, 11) is 1.76. The van der Waals surface area contributed by atoms with Crippen LogP contribution in [0.4, 0.5) is 0 Å². The normalized spacial score (nSPS) is 16.5. The molecule has 1 aliphatic heterocycles. The van der Waals surface area contributed by atoms with Crippen LogP contribution in [-0.2, 0) is 17.8 Å². The van der Waals surface area contributed by atoms with Gasteiger partial charge in [0.15, 0.2) is 0 Å². The molecule has 0 saturated carbocycles. The molecule has 1 aromatic heterocycles. The second-order valence-corrected chi connectivity index (χ2v) is 6.30. The Kier molecular flexibility index (Phi) is 4.38. The number of hydrogen-bond acceptors (Lipinski definition) is 3. The topological polar surface area (TPSA) is 67.2 Å². The van der Waals surface area contributed by atoms with Gasteiger partial charge < -0.3 is 10.2 Å². The predicted molar refractivity (Wildman–Crippen MR) is 90.7 cm³/mol. The molecule has 2 amide bonds. The van der Waals surface area contributed by atoms with Gasteiger partial charge in [0.25, 0.3) is 5.91 Å². The first-order chi connectivity index (χ1) is 11.5. The van der Waals surface area contributed by atoms with Gasteiger partial charge in [-0.3, -0.25) is 14.3 Å². The second kappa shape index (κ2) is 6.47. The molecule has 2 heterocycles. The van der Waals surface area contributed by atoms with Crippen LogP contribution < -0.4 is 5.32 Å². The van der Waals surface area contributed by atoms with Gasteiger partial charge in [-0.15, -0.1) is 0 Å². The standard InChI is InChI=1S/C18H22N4O2/c1-12-10-13(2)22(20-12)9-8-21(3)18(24)16-11-14-6-4-5-7-15(14)17(23)19-16/h4-7,10,16H,8-9,11H2,1-3H3,(H,19,23)/t16-/m1/s1. The molecule has 0 bridgehead atoms. The summed E-state index contributed by atoms with van der Waals surface area (Å²) < 4.78 is 1.90. The SMILES string of the molecule is Cc1cc(C)n(CCN(C)C(=O)[C@H]2Cc3ccccc3C(=O)N2)n1. The van der Waals surface area contributed by atoms with Crippen molar-refractivity contribution >= 4 is 11.8 Å². The van der Waals surface area contributed by atoms with E-state index in [1.54, 1.807) is 18.0 Å². The van der Waals surface area contributed by atoms with Crippen LogP contribution in [0.1, 0.15) is 27.3 Å². The second-order valence-electron chi connectivity index (χ2n) is 6.30. The number of likely N-dealkylation sites (N-methyl/N-ethyl adjacent to an activating group) is 1. The molecule has 1 atom stereocenters. The molecule has 6 nitrogen and oxygen atoms in total. The molecular weight excluding hydrogens is 304 g/mol. The minimum absolute atomic E-state index is 0.0700. The number of amides is 2. The number of rotatable bonds is 4. The molecule has 2 aromatic rings. The number of aryl methyl sites for hydroxylation is 2. The molecule has 6 heteroatoms. The van der Waals surface area contributed by atoms with Gasteiger partial charge in [-0.1, -0.05) is 18.2 Å². The maximum Gasteiger partial charge on any atom is 0.252 e. The fourth-order valence-electron chi connectivity index (χ4n) is 3.10. The van der Waals surface area contributed by atoms with Gasteiger partial charge in [-0.25, -0.2) is 0 Å². The highest BCUT2D eigenvalue weighted by atomic mass is 16.2. The van der Waals surface area contributed by atoms with Gasteiger partial charge in [0.2, 0.25) is 5.91 Å².